The van der Waals surface area contributed by atoms with Crippen molar-refractivity contribution in [2.45, 2.75) is 51.7 Å². The first-order valence-electron chi connectivity index (χ1n) is 9.77. The topological polar surface area (TPSA) is 88.0 Å². The largest absolute Gasteiger partial charge is 0.467 e. The van der Waals surface area contributed by atoms with Gasteiger partial charge in [0.2, 0.25) is 5.91 Å². The van der Waals surface area contributed by atoms with Gasteiger partial charge in [-0.25, -0.2) is 4.98 Å². The Labute approximate surface area is 177 Å². The van der Waals surface area contributed by atoms with Crippen LogP contribution in [0.15, 0.2) is 32.8 Å². The fourth-order valence-corrected chi connectivity index (χ4v) is 5.80. The summed E-state index contributed by atoms with van der Waals surface area (Å²) in [6.45, 7) is 7.20. The molecule has 29 heavy (non-hydrogen) atoms. The lowest BCUT2D eigenvalue weighted by Gasteiger charge is -2.33. The summed E-state index contributed by atoms with van der Waals surface area (Å²) in [6.07, 6.45) is 4.62. The Bertz CT molecular complexity index is 1080. The van der Waals surface area contributed by atoms with Gasteiger partial charge >= 0.3 is 0 Å². The van der Waals surface area contributed by atoms with Crippen molar-refractivity contribution in [3.05, 3.63) is 45.0 Å². The quantitative estimate of drug-likeness (QED) is 0.468. The van der Waals surface area contributed by atoms with E-state index in [0.717, 1.165) is 29.5 Å². The number of fused-ring (bicyclic) bond motifs is 3. The molecule has 0 bridgehead atoms. The predicted molar refractivity (Wildman–Crippen MR) is 116 cm³/mol. The Morgan fingerprint density at radius 3 is 3.00 bits per heavy atom. The molecule has 6 nitrogen and oxygen atoms in total. The molecule has 4 rings (SSSR count). The minimum Gasteiger partial charge on any atom is -0.467 e. The van der Waals surface area contributed by atoms with E-state index < -0.39 is 0 Å². The average Bonchev–Trinajstić information content (AvgIpc) is 3.30. The van der Waals surface area contributed by atoms with Gasteiger partial charge in [0.25, 0.3) is 5.56 Å². The number of H-pyrrole nitrogens is 1. The lowest BCUT2D eigenvalue weighted by atomic mass is 9.72. The van der Waals surface area contributed by atoms with Gasteiger partial charge in [0.15, 0.2) is 5.16 Å². The second kappa shape index (κ2) is 7.99. The Kier molecular flexibility index (Phi) is 5.57. The van der Waals surface area contributed by atoms with E-state index in [1.165, 1.54) is 22.2 Å². The monoisotopic (exact) mass is 431 g/mol. The van der Waals surface area contributed by atoms with Crippen molar-refractivity contribution in [2.75, 3.05) is 5.75 Å². The van der Waals surface area contributed by atoms with Gasteiger partial charge in [-0.05, 0) is 48.3 Å². The molecule has 0 spiro atoms. The summed E-state index contributed by atoms with van der Waals surface area (Å²) in [7, 11) is 0. The number of carbonyl (C=O) groups excluding carboxylic acids is 1. The van der Waals surface area contributed by atoms with Crippen molar-refractivity contribution in [1.29, 1.82) is 0 Å². The minimum absolute atomic E-state index is 0.0970. The second-order valence-electron chi connectivity index (χ2n) is 8.51. The Morgan fingerprint density at radius 1 is 1.45 bits per heavy atom. The molecule has 2 N–H and O–H groups in total. The van der Waals surface area contributed by atoms with Crippen molar-refractivity contribution in [2.24, 2.45) is 11.3 Å². The maximum atomic E-state index is 12.7. The number of furan rings is 1. The molecule has 1 aliphatic carbocycles. The Morgan fingerprint density at radius 2 is 2.28 bits per heavy atom. The first-order valence-corrected chi connectivity index (χ1v) is 11.6. The molecule has 3 aromatic heterocycles. The van der Waals surface area contributed by atoms with Crippen molar-refractivity contribution >= 4 is 39.2 Å². The van der Waals surface area contributed by atoms with Crippen molar-refractivity contribution < 1.29 is 9.21 Å². The maximum absolute atomic E-state index is 12.7. The third kappa shape index (κ3) is 4.43. The number of aryl methyl sites for hydroxylation is 1. The average molecular weight is 432 g/mol. The number of hydrogen-bond donors (Lipinski definition) is 2. The van der Waals surface area contributed by atoms with Crippen LogP contribution in [0.5, 0.6) is 0 Å². The zero-order valence-electron chi connectivity index (χ0n) is 16.8. The number of hydrogen-bond acceptors (Lipinski definition) is 6. The molecule has 0 aliphatic heterocycles. The molecular weight excluding hydrogens is 406 g/mol. The molecule has 1 atom stereocenters. The van der Waals surface area contributed by atoms with Gasteiger partial charge in [0, 0.05) is 4.88 Å². The zero-order chi connectivity index (χ0) is 20.6. The normalized spacial score (nSPS) is 16.7. The van der Waals surface area contributed by atoms with Gasteiger partial charge in [0.1, 0.15) is 10.6 Å². The van der Waals surface area contributed by atoms with Gasteiger partial charge in [-0.2, -0.15) is 0 Å². The molecule has 3 heterocycles. The number of aromatic nitrogens is 2. The molecule has 0 saturated carbocycles. The number of nitrogens with one attached hydrogen (secondary N) is 2. The number of nitrogens with zero attached hydrogens (tertiary/aromatic N) is 1. The van der Waals surface area contributed by atoms with E-state index in [-0.39, 0.29) is 22.6 Å². The van der Waals surface area contributed by atoms with Crippen molar-refractivity contribution in [3.8, 4) is 0 Å². The standard InChI is InChI=1S/C21H25N3O3S2/c1-21(2,3)12-6-7-14-15(9-12)29-19-17(14)18(26)23-20(24-19)28-11-16(25)22-10-13-5-4-8-27-13/h4-5,8,12H,6-7,9-11H2,1-3H3,(H,22,25)(H,23,24,26). The SMILES string of the molecule is CC(C)(C)C1CCc2c(sc3nc(SCC(=O)NCc4ccco4)[nH]c(=O)c23)C1. The summed E-state index contributed by atoms with van der Waals surface area (Å²) >= 11 is 2.88. The van der Waals surface area contributed by atoms with E-state index in [0.29, 0.717) is 23.4 Å². The lowest BCUT2D eigenvalue weighted by molar-refractivity contribution is -0.118. The summed E-state index contributed by atoms with van der Waals surface area (Å²) in [5.74, 6) is 1.38. The van der Waals surface area contributed by atoms with Crippen LogP contribution in [0.4, 0.5) is 0 Å². The molecule has 154 valence electrons. The third-order valence-corrected chi connectivity index (χ3v) is 7.52. The van der Waals surface area contributed by atoms with E-state index in [1.54, 1.807) is 23.7 Å². The highest BCUT2D eigenvalue weighted by Crippen LogP contribution is 2.42. The highest BCUT2D eigenvalue weighted by molar-refractivity contribution is 7.99. The van der Waals surface area contributed by atoms with Crippen LogP contribution in [-0.2, 0) is 24.2 Å². The molecular formula is C21H25N3O3S2. The van der Waals surface area contributed by atoms with Gasteiger partial charge in [-0.15, -0.1) is 11.3 Å². The number of amides is 1. The maximum Gasteiger partial charge on any atom is 0.260 e. The number of thiophene rings is 1. The summed E-state index contributed by atoms with van der Waals surface area (Å²) in [5.41, 5.74) is 1.34. The van der Waals surface area contributed by atoms with Gasteiger partial charge < -0.3 is 14.7 Å². The number of aromatic amines is 1. The summed E-state index contributed by atoms with van der Waals surface area (Å²) in [6, 6.07) is 3.59. The summed E-state index contributed by atoms with van der Waals surface area (Å²) in [5, 5.41) is 4.02. The number of thioether (sulfide) groups is 1. The van der Waals surface area contributed by atoms with Crippen LogP contribution in [0, 0.1) is 11.3 Å². The molecule has 3 aromatic rings. The van der Waals surface area contributed by atoms with E-state index in [9.17, 15) is 9.59 Å². The number of rotatable bonds is 5. The molecule has 1 amide bonds. The fourth-order valence-electron chi connectivity index (χ4n) is 3.76. The second-order valence-corrected chi connectivity index (χ2v) is 10.6. The molecule has 0 radical (unpaired) electrons. The van der Waals surface area contributed by atoms with Crippen LogP contribution in [-0.4, -0.2) is 21.6 Å². The molecule has 1 aliphatic rings. The van der Waals surface area contributed by atoms with Crippen LogP contribution < -0.4 is 10.9 Å². The molecule has 8 heteroatoms. The predicted octanol–water partition coefficient (Wildman–Crippen LogP) is 4.14. The van der Waals surface area contributed by atoms with Crippen LogP contribution in [0.1, 0.15) is 43.4 Å². The first kappa shape index (κ1) is 20.2. The smallest absolute Gasteiger partial charge is 0.260 e. The van der Waals surface area contributed by atoms with Gasteiger partial charge in [0.05, 0.1) is 23.9 Å². The molecule has 0 fully saturated rings. The zero-order valence-corrected chi connectivity index (χ0v) is 18.5. The number of carbonyl (C=O) groups is 1. The first-order chi connectivity index (χ1) is 13.8. The Hall–Kier alpha value is -2.06. The van der Waals surface area contributed by atoms with E-state index in [4.69, 9.17) is 4.42 Å². The Balaban J connectivity index is 1.46. The highest BCUT2D eigenvalue weighted by Gasteiger charge is 2.31. The van der Waals surface area contributed by atoms with Gasteiger partial charge in [-0.1, -0.05) is 32.5 Å². The molecule has 0 aromatic carbocycles. The van der Waals surface area contributed by atoms with E-state index in [1.807, 2.05) is 6.07 Å². The van der Waals surface area contributed by atoms with Crippen molar-refractivity contribution in [1.82, 2.24) is 15.3 Å². The minimum atomic E-state index is -0.132. The van der Waals surface area contributed by atoms with Gasteiger partial charge in [-0.3, -0.25) is 9.59 Å². The fraction of sp³-hybridized carbons (Fsp3) is 0.476. The van der Waals surface area contributed by atoms with Crippen molar-refractivity contribution in [3.63, 3.8) is 0 Å². The van der Waals surface area contributed by atoms with E-state index in [2.05, 4.69) is 36.1 Å². The van der Waals surface area contributed by atoms with Crippen LogP contribution >= 0.6 is 23.1 Å². The molecule has 0 saturated heterocycles. The third-order valence-electron chi connectivity index (χ3n) is 5.50. The summed E-state index contributed by atoms with van der Waals surface area (Å²) in [4.78, 5) is 34.4. The lowest BCUT2D eigenvalue weighted by Crippen LogP contribution is -2.26. The van der Waals surface area contributed by atoms with E-state index >= 15 is 0 Å². The molecule has 1 unspecified atom stereocenters. The van der Waals surface area contributed by atoms with Crippen LogP contribution in [0.3, 0.4) is 0 Å². The highest BCUT2D eigenvalue weighted by atomic mass is 32.2. The van der Waals surface area contributed by atoms with Crippen LogP contribution in [0.2, 0.25) is 0 Å². The van der Waals surface area contributed by atoms with Crippen LogP contribution in [0.25, 0.3) is 10.2 Å². The summed E-state index contributed by atoms with van der Waals surface area (Å²) < 4.78 is 5.20.